The molecular weight excluding hydrogens is 344 g/mol. The predicted molar refractivity (Wildman–Crippen MR) is 102 cm³/mol. The third-order valence-corrected chi connectivity index (χ3v) is 4.92. The minimum absolute atomic E-state index is 0.200. The second-order valence-electron chi connectivity index (χ2n) is 6.98. The largest absolute Gasteiger partial charge is 0.485 e. The Labute approximate surface area is 158 Å². The first-order chi connectivity index (χ1) is 13.2. The SMILES string of the molecule is COCC1(Oc2cccc(C(=N)c3cc(N4CCOCC4)ncn3)c2)CC1. The van der Waals surface area contributed by atoms with Crippen LogP contribution in [0.1, 0.15) is 24.1 Å². The molecule has 27 heavy (non-hydrogen) atoms. The van der Waals surface area contributed by atoms with Gasteiger partial charge in [-0.2, -0.15) is 0 Å². The molecule has 2 heterocycles. The lowest BCUT2D eigenvalue weighted by atomic mass is 10.1. The van der Waals surface area contributed by atoms with Gasteiger partial charge in [0.1, 0.15) is 23.5 Å². The van der Waals surface area contributed by atoms with Crippen molar-refractivity contribution >= 4 is 11.5 Å². The molecule has 1 aromatic carbocycles. The quantitative estimate of drug-likeness (QED) is 0.755. The Morgan fingerprint density at radius 2 is 2.04 bits per heavy atom. The van der Waals surface area contributed by atoms with Crippen LogP contribution in [0.2, 0.25) is 0 Å². The average Bonchev–Trinajstić information content (AvgIpc) is 3.47. The zero-order valence-electron chi connectivity index (χ0n) is 15.5. The molecule has 0 atom stereocenters. The monoisotopic (exact) mass is 368 g/mol. The summed E-state index contributed by atoms with van der Waals surface area (Å²) in [7, 11) is 1.69. The van der Waals surface area contributed by atoms with Crippen molar-refractivity contribution in [1.82, 2.24) is 9.97 Å². The number of ether oxygens (including phenoxy) is 3. The third kappa shape index (κ3) is 4.09. The fourth-order valence-electron chi connectivity index (χ4n) is 3.24. The minimum atomic E-state index is -0.200. The van der Waals surface area contributed by atoms with Crippen molar-refractivity contribution < 1.29 is 14.2 Å². The zero-order valence-corrected chi connectivity index (χ0v) is 15.5. The van der Waals surface area contributed by atoms with Crippen molar-refractivity contribution in [3.63, 3.8) is 0 Å². The summed E-state index contributed by atoms with van der Waals surface area (Å²) in [4.78, 5) is 10.8. The summed E-state index contributed by atoms with van der Waals surface area (Å²) in [5, 5.41) is 8.59. The van der Waals surface area contributed by atoms with Crippen molar-refractivity contribution in [1.29, 1.82) is 5.41 Å². The number of nitrogens with zero attached hydrogens (tertiary/aromatic N) is 3. The van der Waals surface area contributed by atoms with E-state index >= 15 is 0 Å². The second kappa shape index (κ2) is 7.62. The first-order valence-electron chi connectivity index (χ1n) is 9.21. The van der Waals surface area contributed by atoms with E-state index in [0.29, 0.717) is 31.2 Å². The maximum Gasteiger partial charge on any atom is 0.132 e. The van der Waals surface area contributed by atoms with Crippen LogP contribution in [0.5, 0.6) is 5.75 Å². The number of aromatic nitrogens is 2. The second-order valence-corrected chi connectivity index (χ2v) is 6.98. The Morgan fingerprint density at radius 1 is 1.22 bits per heavy atom. The number of benzene rings is 1. The molecule has 0 unspecified atom stereocenters. The molecule has 0 amide bonds. The summed E-state index contributed by atoms with van der Waals surface area (Å²) in [6.07, 6.45) is 3.52. The lowest BCUT2D eigenvalue weighted by molar-refractivity contribution is 0.0639. The van der Waals surface area contributed by atoms with Crippen LogP contribution in [0.15, 0.2) is 36.7 Å². The van der Waals surface area contributed by atoms with Crippen molar-refractivity contribution in [3.8, 4) is 5.75 Å². The molecule has 1 aromatic heterocycles. The number of anilines is 1. The Morgan fingerprint density at radius 3 is 2.78 bits per heavy atom. The van der Waals surface area contributed by atoms with Crippen LogP contribution in [0.25, 0.3) is 0 Å². The van der Waals surface area contributed by atoms with Gasteiger partial charge in [-0.15, -0.1) is 0 Å². The van der Waals surface area contributed by atoms with Crippen LogP contribution >= 0.6 is 0 Å². The molecule has 1 saturated heterocycles. The highest BCUT2D eigenvalue weighted by atomic mass is 16.5. The van der Waals surface area contributed by atoms with Crippen molar-refractivity contribution in [2.45, 2.75) is 18.4 Å². The van der Waals surface area contributed by atoms with Crippen molar-refractivity contribution in [2.75, 3.05) is 44.9 Å². The summed E-state index contributed by atoms with van der Waals surface area (Å²) in [6.45, 7) is 3.58. The van der Waals surface area contributed by atoms with Gasteiger partial charge in [0.2, 0.25) is 0 Å². The first kappa shape index (κ1) is 17.9. The lowest BCUT2D eigenvalue weighted by Gasteiger charge is -2.27. The van der Waals surface area contributed by atoms with Crippen LogP contribution in [0, 0.1) is 5.41 Å². The highest BCUT2D eigenvalue weighted by Crippen LogP contribution is 2.40. The maximum atomic E-state index is 8.59. The van der Waals surface area contributed by atoms with E-state index in [1.165, 1.54) is 6.33 Å². The van der Waals surface area contributed by atoms with Gasteiger partial charge in [0.15, 0.2) is 0 Å². The highest BCUT2D eigenvalue weighted by Gasteiger charge is 2.45. The number of nitrogens with one attached hydrogen (secondary N) is 1. The Hall–Kier alpha value is -2.51. The molecule has 1 aliphatic carbocycles. The molecule has 2 fully saturated rings. The molecule has 7 heteroatoms. The van der Waals surface area contributed by atoms with Crippen LogP contribution < -0.4 is 9.64 Å². The maximum absolute atomic E-state index is 8.59. The molecule has 1 N–H and O–H groups in total. The topological polar surface area (TPSA) is 80.6 Å². The molecule has 2 aliphatic rings. The normalized spacial score (nSPS) is 18.2. The molecular formula is C20H24N4O3. The summed E-state index contributed by atoms with van der Waals surface area (Å²) in [5.41, 5.74) is 1.52. The number of methoxy groups -OCH3 is 1. The molecule has 0 radical (unpaired) electrons. The van der Waals surface area contributed by atoms with Gasteiger partial charge < -0.3 is 19.1 Å². The van der Waals surface area contributed by atoms with E-state index in [1.807, 2.05) is 30.3 Å². The van der Waals surface area contributed by atoms with E-state index in [0.717, 1.165) is 43.1 Å². The Balaban J connectivity index is 1.52. The van der Waals surface area contributed by atoms with E-state index in [4.69, 9.17) is 19.6 Å². The van der Waals surface area contributed by atoms with Crippen molar-refractivity contribution in [3.05, 3.63) is 47.9 Å². The van der Waals surface area contributed by atoms with Gasteiger partial charge in [0.05, 0.1) is 31.2 Å². The van der Waals surface area contributed by atoms with Gasteiger partial charge in [0.25, 0.3) is 0 Å². The van der Waals surface area contributed by atoms with Crippen LogP contribution in [0.4, 0.5) is 5.82 Å². The minimum Gasteiger partial charge on any atom is -0.485 e. The molecule has 0 spiro atoms. The molecule has 0 bridgehead atoms. The van der Waals surface area contributed by atoms with E-state index in [1.54, 1.807) is 7.11 Å². The summed E-state index contributed by atoms with van der Waals surface area (Å²) in [5.74, 6) is 1.59. The van der Waals surface area contributed by atoms with Crippen LogP contribution in [-0.4, -0.2) is 61.3 Å². The fourth-order valence-corrected chi connectivity index (χ4v) is 3.24. The molecule has 142 valence electrons. The van der Waals surface area contributed by atoms with Gasteiger partial charge in [-0.3, -0.25) is 5.41 Å². The Kier molecular flexibility index (Phi) is 5.05. The fraction of sp³-hybridized carbons (Fsp3) is 0.450. The number of hydrogen-bond acceptors (Lipinski definition) is 7. The highest BCUT2D eigenvalue weighted by molar-refractivity contribution is 6.10. The van der Waals surface area contributed by atoms with Gasteiger partial charge in [0, 0.05) is 31.8 Å². The number of hydrogen-bond donors (Lipinski definition) is 1. The van der Waals surface area contributed by atoms with Gasteiger partial charge in [-0.1, -0.05) is 12.1 Å². The summed E-state index contributed by atoms with van der Waals surface area (Å²) < 4.78 is 16.8. The van der Waals surface area contributed by atoms with E-state index in [2.05, 4.69) is 14.9 Å². The molecule has 4 rings (SSSR count). The molecule has 1 aliphatic heterocycles. The van der Waals surface area contributed by atoms with E-state index in [9.17, 15) is 0 Å². The van der Waals surface area contributed by atoms with Crippen molar-refractivity contribution in [2.24, 2.45) is 0 Å². The van der Waals surface area contributed by atoms with E-state index in [-0.39, 0.29) is 5.60 Å². The number of morpholine rings is 1. The predicted octanol–water partition coefficient (Wildman–Crippen LogP) is 2.29. The van der Waals surface area contributed by atoms with Gasteiger partial charge >= 0.3 is 0 Å². The van der Waals surface area contributed by atoms with Crippen LogP contribution in [0.3, 0.4) is 0 Å². The average molecular weight is 368 g/mol. The van der Waals surface area contributed by atoms with E-state index < -0.39 is 0 Å². The third-order valence-electron chi connectivity index (χ3n) is 4.92. The lowest BCUT2D eigenvalue weighted by Crippen LogP contribution is -2.36. The number of rotatable bonds is 7. The molecule has 1 saturated carbocycles. The van der Waals surface area contributed by atoms with Crippen LogP contribution in [-0.2, 0) is 9.47 Å². The first-order valence-corrected chi connectivity index (χ1v) is 9.21. The Bertz CT molecular complexity index is 816. The summed E-state index contributed by atoms with van der Waals surface area (Å²) >= 11 is 0. The smallest absolute Gasteiger partial charge is 0.132 e. The molecule has 7 nitrogen and oxygen atoms in total. The standard InChI is InChI=1S/C20H24N4O3/c1-25-13-20(5-6-20)27-16-4-2-3-15(11-16)19(21)17-12-18(23-14-22-17)24-7-9-26-10-8-24/h2-4,11-12,14,21H,5-10,13H2,1H3. The zero-order chi connectivity index (χ0) is 18.7. The molecule has 2 aromatic rings. The van der Waals surface area contributed by atoms with Gasteiger partial charge in [-0.05, 0) is 25.0 Å². The van der Waals surface area contributed by atoms with Gasteiger partial charge in [-0.25, -0.2) is 9.97 Å². The summed E-state index contributed by atoms with van der Waals surface area (Å²) in [6, 6.07) is 9.50.